The molecule has 3 rings (SSSR count). The van der Waals surface area contributed by atoms with Crippen LogP contribution in [0.4, 0.5) is 5.69 Å². The summed E-state index contributed by atoms with van der Waals surface area (Å²) < 4.78 is 5.82. The van der Waals surface area contributed by atoms with Crippen LogP contribution in [0.25, 0.3) is 0 Å². The van der Waals surface area contributed by atoms with E-state index in [4.69, 9.17) is 11.2 Å². The van der Waals surface area contributed by atoms with Crippen molar-refractivity contribution in [3.8, 4) is 18.1 Å². The lowest BCUT2D eigenvalue weighted by atomic mass is 10.2. The number of carbonyl (C=O) groups is 1. The number of nitrogens with zero attached hydrogens (tertiary/aromatic N) is 2. The molecule has 21 heavy (non-hydrogen) atoms. The van der Waals surface area contributed by atoms with E-state index >= 15 is 0 Å². The van der Waals surface area contributed by atoms with Crippen molar-refractivity contribution in [3.05, 3.63) is 24.3 Å². The molecule has 1 aromatic rings. The zero-order valence-corrected chi connectivity index (χ0v) is 11.9. The number of hydrogen-bond donors (Lipinski definition) is 1. The van der Waals surface area contributed by atoms with Crippen LogP contribution in [-0.2, 0) is 4.79 Å². The van der Waals surface area contributed by atoms with Gasteiger partial charge in [0.25, 0.3) is 5.91 Å². The molecule has 0 spiro atoms. The summed E-state index contributed by atoms with van der Waals surface area (Å²) in [5, 5.41) is 3.25. The molecule has 1 atom stereocenters. The molecule has 0 bridgehead atoms. The van der Waals surface area contributed by atoms with Gasteiger partial charge in [0.1, 0.15) is 5.75 Å². The topological polar surface area (TPSA) is 44.8 Å². The smallest absolute Gasteiger partial charge is 0.265 e. The summed E-state index contributed by atoms with van der Waals surface area (Å²) in [4.78, 5) is 16.6. The van der Waals surface area contributed by atoms with Crippen molar-refractivity contribution in [2.24, 2.45) is 0 Å². The second-order valence-electron chi connectivity index (χ2n) is 5.29. The number of amides is 1. The normalized spacial score (nSPS) is 21.7. The predicted octanol–water partition coefficient (Wildman–Crippen LogP) is 0.637. The number of ether oxygens (including phenoxy) is 1. The molecule has 5 heteroatoms. The van der Waals surface area contributed by atoms with Gasteiger partial charge in [-0.25, -0.2) is 0 Å². The van der Waals surface area contributed by atoms with Crippen molar-refractivity contribution in [1.29, 1.82) is 0 Å². The molecular weight excluding hydrogens is 266 g/mol. The molecule has 110 valence electrons. The third-order valence-electron chi connectivity index (χ3n) is 3.91. The van der Waals surface area contributed by atoms with Gasteiger partial charge in [0, 0.05) is 26.2 Å². The minimum absolute atomic E-state index is 0.0531. The Kier molecular flexibility index (Phi) is 3.98. The molecule has 0 saturated carbocycles. The van der Waals surface area contributed by atoms with E-state index in [0.29, 0.717) is 26.2 Å². The molecule has 1 amide bonds. The molecule has 0 aromatic heterocycles. The van der Waals surface area contributed by atoms with Crippen LogP contribution < -0.4 is 10.1 Å². The van der Waals surface area contributed by atoms with E-state index in [1.807, 2.05) is 29.2 Å². The number of anilines is 1. The maximum absolute atomic E-state index is 12.5. The number of carbonyl (C=O) groups excluding carboxylic acids is 1. The van der Waals surface area contributed by atoms with Gasteiger partial charge in [-0.15, -0.1) is 6.42 Å². The summed E-state index contributed by atoms with van der Waals surface area (Å²) in [6.07, 6.45) is 4.87. The zero-order chi connectivity index (χ0) is 14.7. The molecule has 2 heterocycles. The van der Waals surface area contributed by atoms with Gasteiger partial charge in [-0.3, -0.25) is 9.69 Å². The number of rotatable bonds is 2. The van der Waals surface area contributed by atoms with E-state index < -0.39 is 6.10 Å². The van der Waals surface area contributed by atoms with Crippen LogP contribution >= 0.6 is 0 Å². The Morgan fingerprint density at radius 3 is 2.86 bits per heavy atom. The third-order valence-corrected chi connectivity index (χ3v) is 3.91. The van der Waals surface area contributed by atoms with E-state index in [1.165, 1.54) is 0 Å². The highest BCUT2D eigenvalue weighted by Crippen LogP contribution is 2.28. The van der Waals surface area contributed by atoms with Gasteiger partial charge in [-0.2, -0.15) is 0 Å². The number of fused-ring (bicyclic) bond motifs is 1. The highest BCUT2D eigenvalue weighted by molar-refractivity contribution is 5.83. The van der Waals surface area contributed by atoms with Crippen LogP contribution in [-0.4, -0.2) is 61.1 Å². The molecule has 1 N–H and O–H groups in total. The van der Waals surface area contributed by atoms with Gasteiger partial charge in [0.15, 0.2) is 6.10 Å². The van der Waals surface area contributed by atoms with Gasteiger partial charge < -0.3 is 15.0 Å². The third kappa shape index (κ3) is 2.96. The van der Waals surface area contributed by atoms with Crippen molar-refractivity contribution in [2.75, 3.05) is 44.6 Å². The van der Waals surface area contributed by atoms with Crippen LogP contribution in [0.3, 0.4) is 0 Å². The van der Waals surface area contributed by atoms with Crippen LogP contribution in [0.2, 0.25) is 0 Å². The number of benzene rings is 1. The second-order valence-corrected chi connectivity index (χ2v) is 5.29. The molecule has 1 fully saturated rings. The highest BCUT2D eigenvalue weighted by Gasteiger charge is 2.31. The first-order chi connectivity index (χ1) is 10.3. The maximum atomic E-state index is 12.5. The number of piperazine rings is 1. The molecule has 2 aliphatic heterocycles. The number of terminal acetylenes is 1. The van der Waals surface area contributed by atoms with Gasteiger partial charge in [-0.1, -0.05) is 18.1 Å². The van der Waals surface area contributed by atoms with Gasteiger partial charge in [0.05, 0.1) is 18.8 Å². The Hall–Kier alpha value is -2.19. The van der Waals surface area contributed by atoms with Crippen molar-refractivity contribution >= 4 is 11.6 Å². The van der Waals surface area contributed by atoms with E-state index in [-0.39, 0.29) is 5.91 Å². The lowest BCUT2D eigenvalue weighted by Gasteiger charge is -2.36. The van der Waals surface area contributed by atoms with Crippen LogP contribution in [0, 0.1) is 12.3 Å². The van der Waals surface area contributed by atoms with Crippen molar-refractivity contribution in [3.63, 3.8) is 0 Å². The SMILES string of the molecule is C#CCN1CCN(C(=O)C2CNc3ccccc3O2)CC1. The molecule has 5 nitrogen and oxygen atoms in total. The van der Waals surface area contributed by atoms with Crippen LogP contribution in [0.1, 0.15) is 0 Å². The first-order valence-corrected chi connectivity index (χ1v) is 7.22. The van der Waals surface area contributed by atoms with Crippen molar-refractivity contribution < 1.29 is 9.53 Å². The summed E-state index contributed by atoms with van der Waals surface area (Å²) in [6, 6.07) is 7.69. The number of hydrogen-bond acceptors (Lipinski definition) is 4. The Labute approximate surface area is 124 Å². The van der Waals surface area contributed by atoms with Crippen molar-refractivity contribution in [1.82, 2.24) is 9.80 Å². The standard InChI is InChI=1S/C16H19N3O2/c1-2-7-18-8-10-19(11-9-18)16(20)15-12-17-13-5-3-4-6-14(13)21-15/h1,3-6,15,17H,7-12H2. The number of para-hydroxylation sites is 2. The Balaban J connectivity index is 1.59. The Morgan fingerprint density at radius 1 is 1.33 bits per heavy atom. The van der Waals surface area contributed by atoms with Crippen LogP contribution in [0.15, 0.2) is 24.3 Å². The van der Waals surface area contributed by atoms with E-state index in [2.05, 4.69) is 16.1 Å². The summed E-state index contributed by atoms with van der Waals surface area (Å²) in [5.41, 5.74) is 0.945. The average Bonchev–Trinajstić information content (AvgIpc) is 2.55. The second kappa shape index (κ2) is 6.06. The van der Waals surface area contributed by atoms with E-state index in [9.17, 15) is 4.79 Å². The lowest BCUT2D eigenvalue weighted by Crippen LogP contribution is -2.54. The maximum Gasteiger partial charge on any atom is 0.265 e. The fourth-order valence-electron chi connectivity index (χ4n) is 2.71. The minimum Gasteiger partial charge on any atom is -0.477 e. The van der Waals surface area contributed by atoms with Crippen LogP contribution in [0.5, 0.6) is 5.75 Å². The monoisotopic (exact) mass is 285 g/mol. The van der Waals surface area contributed by atoms with Gasteiger partial charge >= 0.3 is 0 Å². The lowest BCUT2D eigenvalue weighted by molar-refractivity contribution is -0.140. The molecule has 1 saturated heterocycles. The average molecular weight is 285 g/mol. The van der Waals surface area contributed by atoms with Crippen molar-refractivity contribution in [2.45, 2.75) is 6.10 Å². The van der Waals surface area contributed by atoms with E-state index in [0.717, 1.165) is 24.5 Å². The van der Waals surface area contributed by atoms with Gasteiger partial charge in [0.2, 0.25) is 0 Å². The first-order valence-electron chi connectivity index (χ1n) is 7.22. The predicted molar refractivity (Wildman–Crippen MR) is 81.2 cm³/mol. The molecule has 2 aliphatic rings. The van der Waals surface area contributed by atoms with Gasteiger partial charge in [-0.05, 0) is 12.1 Å². The molecule has 1 aromatic carbocycles. The molecular formula is C16H19N3O2. The fourth-order valence-corrected chi connectivity index (χ4v) is 2.71. The first kappa shape index (κ1) is 13.8. The Morgan fingerprint density at radius 2 is 2.10 bits per heavy atom. The highest BCUT2D eigenvalue weighted by atomic mass is 16.5. The minimum atomic E-state index is -0.445. The zero-order valence-electron chi connectivity index (χ0n) is 11.9. The molecule has 1 unspecified atom stereocenters. The van der Waals surface area contributed by atoms with E-state index in [1.54, 1.807) is 0 Å². The summed E-state index contributed by atoms with van der Waals surface area (Å²) in [6.45, 7) is 4.24. The summed E-state index contributed by atoms with van der Waals surface area (Å²) in [5.74, 6) is 3.44. The summed E-state index contributed by atoms with van der Waals surface area (Å²) in [7, 11) is 0. The largest absolute Gasteiger partial charge is 0.477 e. The Bertz CT molecular complexity index is 559. The summed E-state index contributed by atoms with van der Waals surface area (Å²) >= 11 is 0. The quantitative estimate of drug-likeness (QED) is 0.810. The number of nitrogens with one attached hydrogen (secondary N) is 1. The fraction of sp³-hybridized carbons (Fsp3) is 0.438. The molecule has 0 radical (unpaired) electrons. The molecule has 0 aliphatic carbocycles.